The number of benzene rings is 6. The Bertz CT molecular complexity index is 2680. The van der Waals surface area contributed by atoms with Gasteiger partial charge >= 0.3 is 0 Å². The highest BCUT2D eigenvalue weighted by Crippen LogP contribution is 2.40. The van der Waals surface area contributed by atoms with E-state index in [9.17, 15) is 0 Å². The first-order valence-corrected chi connectivity index (χ1v) is 17.1. The van der Waals surface area contributed by atoms with Crippen molar-refractivity contribution in [2.24, 2.45) is 11.8 Å². The molecule has 6 aromatic carbocycles. The Kier molecular flexibility index (Phi) is 6.17. The molecule has 2 heteroatoms. The summed E-state index contributed by atoms with van der Waals surface area (Å²) in [6.45, 7) is 0. The molecule has 2 aliphatic rings. The molecule has 48 heavy (non-hydrogen) atoms. The van der Waals surface area contributed by atoms with Crippen LogP contribution in [0.3, 0.4) is 0 Å². The molecule has 0 saturated heterocycles. The molecule has 2 heterocycles. The van der Waals surface area contributed by atoms with E-state index >= 15 is 0 Å². The van der Waals surface area contributed by atoms with Crippen molar-refractivity contribution in [3.05, 3.63) is 170 Å². The molecule has 0 saturated carbocycles. The number of aromatic nitrogens is 2. The Labute approximate surface area is 279 Å². The highest BCUT2D eigenvalue weighted by molar-refractivity contribution is 6.14. The maximum Gasteiger partial charge on any atom is 0.0541 e. The van der Waals surface area contributed by atoms with E-state index in [2.05, 4.69) is 179 Å². The Morgan fingerprint density at radius 2 is 1.06 bits per heavy atom. The first-order chi connectivity index (χ1) is 23.8. The lowest BCUT2D eigenvalue weighted by atomic mass is 9.82. The molecule has 2 aliphatic carbocycles. The molecule has 0 radical (unpaired) electrons. The summed E-state index contributed by atoms with van der Waals surface area (Å²) in [7, 11) is 0. The lowest BCUT2D eigenvalue weighted by Gasteiger charge is -2.24. The Morgan fingerprint density at radius 3 is 1.75 bits per heavy atom. The van der Waals surface area contributed by atoms with Gasteiger partial charge in [-0.05, 0) is 89.7 Å². The summed E-state index contributed by atoms with van der Waals surface area (Å²) in [6.07, 6.45) is 18.4. The Balaban J connectivity index is 1.10. The van der Waals surface area contributed by atoms with Crippen molar-refractivity contribution in [2.45, 2.75) is 12.8 Å². The fraction of sp³-hybridized carbons (Fsp3) is 0.0870. The molecule has 10 rings (SSSR count). The fourth-order valence-electron chi connectivity index (χ4n) is 8.27. The smallest absolute Gasteiger partial charge is 0.0541 e. The topological polar surface area (TPSA) is 9.86 Å². The van der Waals surface area contributed by atoms with Gasteiger partial charge in [0.15, 0.2) is 0 Å². The van der Waals surface area contributed by atoms with E-state index in [1.807, 2.05) is 0 Å². The van der Waals surface area contributed by atoms with E-state index in [1.54, 1.807) is 0 Å². The van der Waals surface area contributed by atoms with Crippen molar-refractivity contribution < 1.29 is 0 Å². The summed E-state index contributed by atoms with van der Waals surface area (Å²) in [5.74, 6) is 1.14. The zero-order valence-electron chi connectivity index (χ0n) is 26.6. The van der Waals surface area contributed by atoms with Gasteiger partial charge in [-0.25, -0.2) is 0 Å². The van der Waals surface area contributed by atoms with E-state index in [0.29, 0.717) is 11.8 Å². The second-order valence-electron chi connectivity index (χ2n) is 13.3. The van der Waals surface area contributed by atoms with E-state index in [0.717, 1.165) is 12.8 Å². The van der Waals surface area contributed by atoms with Crippen LogP contribution in [0.25, 0.3) is 76.9 Å². The van der Waals surface area contributed by atoms with Crippen molar-refractivity contribution in [2.75, 3.05) is 0 Å². The summed E-state index contributed by atoms with van der Waals surface area (Å²) in [6, 6.07) is 47.0. The van der Waals surface area contributed by atoms with Gasteiger partial charge in [-0.3, -0.25) is 0 Å². The Morgan fingerprint density at radius 1 is 0.458 bits per heavy atom. The third-order valence-corrected chi connectivity index (χ3v) is 10.6. The zero-order chi connectivity index (χ0) is 31.6. The molecule has 2 atom stereocenters. The molecule has 0 fully saturated rings. The standard InChI is InChI=1S/C46H34N2/c1-2-11-31(12-3-1)32-21-25-36(26-22-32)47-43-18-8-6-16-38(43)40-29-34(23-27-45(40)47)35-24-28-46-41(30-35)39-17-7-9-19-44(39)48(46)42-20-10-14-33-13-4-5-15-37(33)42/h1-11,13-21,23-32H,12,22H2. The third kappa shape index (κ3) is 4.19. The molecular weight excluding hydrogens is 581 g/mol. The number of hydrogen-bond donors (Lipinski definition) is 0. The van der Waals surface area contributed by atoms with Crippen LogP contribution in [0.2, 0.25) is 0 Å². The van der Waals surface area contributed by atoms with Gasteiger partial charge in [-0.2, -0.15) is 0 Å². The van der Waals surface area contributed by atoms with Gasteiger partial charge in [0.1, 0.15) is 0 Å². The third-order valence-electron chi connectivity index (χ3n) is 10.6. The summed E-state index contributed by atoms with van der Waals surface area (Å²) in [4.78, 5) is 0. The van der Waals surface area contributed by atoms with Crippen molar-refractivity contribution in [1.82, 2.24) is 9.13 Å². The molecule has 2 aromatic heterocycles. The minimum Gasteiger partial charge on any atom is -0.310 e. The summed E-state index contributed by atoms with van der Waals surface area (Å²) >= 11 is 0. The van der Waals surface area contributed by atoms with Crippen molar-refractivity contribution in [3.63, 3.8) is 0 Å². The number of nitrogens with zero attached hydrogens (tertiary/aromatic N) is 2. The van der Waals surface area contributed by atoms with Crippen LogP contribution in [0.5, 0.6) is 0 Å². The highest BCUT2D eigenvalue weighted by atomic mass is 15.0. The molecule has 8 aromatic rings. The van der Waals surface area contributed by atoms with Gasteiger partial charge in [-0.1, -0.05) is 121 Å². The maximum absolute atomic E-state index is 2.46. The van der Waals surface area contributed by atoms with Crippen LogP contribution in [0.4, 0.5) is 0 Å². The number of rotatable bonds is 4. The second-order valence-corrected chi connectivity index (χ2v) is 13.3. The fourth-order valence-corrected chi connectivity index (χ4v) is 8.27. The first kappa shape index (κ1) is 27.3. The molecule has 0 aliphatic heterocycles. The minimum atomic E-state index is 0.552. The van der Waals surface area contributed by atoms with E-state index in [1.165, 1.54) is 76.9 Å². The van der Waals surface area contributed by atoms with Crippen molar-refractivity contribution >= 4 is 60.1 Å². The summed E-state index contributed by atoms with van der Waals surface area (Å²) < 4.78 is 4.89. The largest absolute Gasteiger partial charge is 0.310 e. The maximum atomic E-state index is 2.46. The zero-order valence-corrected chi connectivity index (χ0v) is 26.6. The van der Waals surface area contributed by atoms with Crippen LogP contribution in [0, 0.1) is 11.8 Å². The number of para-hydroxylation sites is 2. The van der Waals surface area contributed by atoms with Crippen LogP contribution >= 0.6 is 0 Å². The molecular formula is C46H34N2. The average molecular weight is 615 g/mol. The van der Waals surface area contributed by atoms with E-state index < -0.39 is 0 Å². The molecule has 0 N–H and O–H groups in total. The van der Waals surface area contributed by atoms with Crippen LogP contribution in [-0.2, 0) is 0 Å². The lowest BCUT2D eigenvalue weighted by Crippen LogP contribution is -2.13. The minimum absolute atomic E-state index is 0.552. The predicted octanol–water partition coefficient (Wildman–Crippen LogP) is 12.3. The van der Waals surface area contributed by atoms with Gasteiger partial charge in [0.05, 0.1) is 27.8 Å². The van der Waals surface area contributed by atoms with Gasteiger partial charge in [0.25, 0.3) is 0 Å². The van der Waals surface area contributed by atoms with Crippen LogP contribution in [0.15, 0.2) is 170 Å². The highest BCUT2D eigenvalue weighted by Gasteiger charge is 2.21. The van der Waals surface area contributed by atoms with Gasteiger partial charge < -0.3 is 9.13 Å². The normalized spacial score (nSPS) is 17.7. The van der Waals surface area contributed by atoms with Gasteiger partial charge in [0, 0.05) is 32.6 Å². The average Bonchev–Trinajstić information content (AvgIpc) is 3.67. The van der Waals surface area contributed by atoms with Crippen molar-refractivity contribution in [1.29, 1.82) is 0 Å². The van der Waals surface area contributed by atoms with E-state index in [-0.39, 0.29) is 0 Å². The SMILES string of the molecule is C1=CCC(C2C=CC(n3c4ccccc4c4cc(-c5ccc6c(c5)c5ccccc5n6-c5cccc6ccccc56)ccc43)=CC2)C=C1. The molecule has 0 amide bonds. The first-order valence-electron chi connectivity index (χ1n) is 17.1. The summed E-state index contributed by atoms with van der Waals surface area (Å²) in [5, 5.41) is 7.64. The molecule has 228 valence electrons. The van der Waals surface area contributed by atoms with Crippen LogP contribution in [0.1, 0.15) is 12.8 Å². The van der Waals surface area contributed by atoms with E-state index in [4.69, 9.17) is 0 Å². The molecule has 0 spiro atoms. The van der Waals surface area contributed by atoms with Crippen LogP contribution < -0.4 is 0 Å². The molecule has 2 nitrogen and oxygen atoms in total. The van der Waals surface area contributed by atoms with Crippen molar-refractivity contribution in [3.8, 4) is 16.8 Å². The van der Waals surface area contributed by atoms with Gasteiger partial charge in [0.2, 0.25) is 0 Å². The second kappa shape index (κ2) is 10.9. The monoisotopic (exact) mass is 614 g/mol. The van der Waals surface area contributed by atoms with Gasteiger partial charge in [-0.15, -0.1) is 0 Å². The number of fused-ring (bicyclic) bond motifs is 7. The number of hydrogen-bond acceptors (Lipinski definition) is 0. The summed E-state index contributed by atoms with van der Waals surface area (Å²) in [5.41, 5.74) is 9.91. The molecule has 2 unspecified atom stereocenters. The quantitative estimate of drug-likeness (QED) is 0.187. The predicted molar refractivity (Wildman–Crippen MR) is 205 cm³/mol. The lowest BCUT2D eigenvalue weighted by molar-refractivity contribution is 0.478. The Hall–Kier alpha value is -5.86. The van der Waals surface area contributed by atoms with Crippen LogP contribution in [-0.4, -0.2) is 9.13 Å². The molecule has 0 bridgehead atoms. The number of allylic oxidation sites excluding steroid dienone is 8.